The molecule has 0 heterocycles. The summed E-state index contributed by atoms with van der Waals surface area (Å²) in [4.78, 5) is 11.8. The molecule has 0 N–H and O–H groups in total. The van der Waals surface area contributed by atoms with Gasteiger partial charge >= 0.3 is 5.97 Å². The number of carbonyl (C=O) groups is 1. The molecule has 0 saturated heterocycles. The van der Waals surface area contributed by atoms with E-state index in [9.17, 15) is 4.79 Å². The quantitative estimate of drug-likeness (QED) is 0.801. The first-order valence-corrected chi connectivity index (χ1v) is 5.86. The van der Waals surface area contributed by atoms with Gasteiger partial charge in [-0.1, -0.05) is 12.1 Å². The molecule has 3 nitrogen and oxygen atoms in total. The monoisotopic (exact) mass is 284 g/mol. The molecule has 0 amide bonds. The maximum Gasteiger partial charge on any atom is 0.316 e. The lowest BCUT2D eigenvalue weighted by Gasteiger charge is -2.17. The van der Waals surface area contributed by atoms with E-state index in [1.54, 1.807) is 7.11 Å². The van der Waals surface area contributed by atoms with E-state index in [1.807, 2.05) is 18.2 Å². The van der Waals surface area contributed by atoms with E-state index in [1.165, 1.54) is 7.11 Å². The van der Waals surface area contributed by atoms with Crippen molar-refractivity contribution in [3.05, 3.63) is 28.2 Å². The van der Waals surface area contributed by atoms with Crippen molar-refractivity contribution in [2.75, 3.05) is 14.2 Å². The highest BCUT2D eigenvalue weighted by molar-refractivity contribution is 9.10. The molecular weight excluding hydrogens is 272 g/mol. The van der Waals surface area contributed by atoms with Crippen molar-refractivity contribution in [1.29, 1.82) is 0 Å². The molecule has 0 aromatic heterocycles. The van der Waals surface area contributed by atoms with Crippen LogP contribution in [0.2, 0.25) is 0 Å². The minimum Gasteiger partial charge on any atom is -0.495 e. The number of rotatable bonds is 3. The fraction of sp³-hybridized carbons (Fsp3) is 0.417. The normalized spacial score (nSPS) is 16.7. The van der Waals surface area contributed by atoms with Crippen LogP contribution >= 0.6 is 15.9 Å². The summed E-state index contributed by atoms with van der Waals surface area (Å²) in [6.45, 7) is 0. The summed E-state index contributed by atoms with van der Waals surface area (Å²) in [7, 11) is 3.03. The smallest absolute Gasteiger partial charge is 0.316 e. The number of hydrogen-bond acceptors (Lipinski definition) is 3. The Bertz CT molecular complexity index is 424. The summed E-state index contributed by atoms with van der Waals surface area (Å²) in [6, 6.07) is 5.73. The van der Waals surface area contributed by atoms with Crippen LogP contribution in [0.1, 0.15) is 18.4 Å². The molecule has 0 unspecified atom stereocenters. The summed E-state index contributed by atoms with van der Waals surface area (Å²) in [6.07, 6.45) is 1.65. The van der Waals surface area contributed by atoms with E-state index in [0.717, 1.165) is 28.6 Å². The summed E-state index contributed by atoms with van der Waals surface area (Å²) in [5.74, 6) is 0.550. The average Bonchev–Trinajstić information content (AvgIpc) is 3.09. The highest BCUT2D eigenvalue weighted by atomic mass is 79.9. The number of hydrogen-bond donors (Lipinski definition) is 0. The first-order chi connectivity index (χ1) is 7.65. The number of halogens is 1. The van der Waals surface area contributed by atoms with Crippen molar-refractivity contribution in [3.8, 4) is 5.75 Å². The van der Waals surface area contributed by atoms with Crippen LogP contribution in [-0.2, 0) is 14.9 Å². The molecule has 0 aliphatic heterocycles. The zero-order chi connectivity index (χ0) is 11.8. The van der Waals surface area contributed by atoms with E-state index >= 15 is 0 Å². The van der Waals surface area contributed by atoms with Crippen molar-refractivity contribution in [2.24, 2.45) is 0 Å². The van der Waals surface area contributed by atoms with Crippen molar-refractivity contribution in [3.63, 3.8) is 0 Å². The topological polar surface area (TPSA) is 35.5 Å². The molecule has 86 valence electrons. The largest absolute Gasteiger partial charge is 0.495 e. The van der Waals surface area contributed by atoms with Crippen LogP contribution in [0, 0.1) is 0 Å². The van der Waals surface area contributed by atoms with Gasteiger partial charge in [0, 0.05) is 5.56 Å². The van der Waals surface area contributed by atoms with Gasteiger partial charge in [-0.05, 0) is 34.8 Å². The molecule has 1 fully saturated rings. The molecule has 16 heavy (non-hydrogen) atoms. The Morgan fingerprint density at radius 1 is 1.38 bits per heavy atom. The SMILES string of the molecule is COC(=O)C1(c2cccc(Br)c2OC)CC1. The van der Waals surface area contributed by atoms with Gasteiger partial charge in [0.05, 0.1) is 24.1 Å². The highest BCUT2D eigenvalue weighted by Gasteiger charge is 2.54. The van der Waals surface area contributed by atoms with Crippen LogP contribution < -0.4 is 4.74 Å². The maximum absolute atomic E-state index is 11.8. The third kappa shape index (κ3) is 1.61. The Morgan fingerprint density at radius 3 is 2.56 bits per heavy atom. The number of ether oxygens (including phenoxy) is 2. The lowest BCUT2D eigenvalue weighted by atomic mass is 9.95. The number of para-hydroxylation sites is 1. The van der Waals surface area contributed by atoms with Crippen molar-refractivity contribution < 1.29 is 14.3 Å². The van der Waals surface area contributed by atoms with Gasteiger partial charge in [-0.25, -0.2) is 0 Å². The second kappa shape index (κ2) is 4.09. The third-order valence-electron chi connectivity index (χ3n) is 3.01. The Kier molecular flexibility index (Phi) is 2.93. The second-order valence-electron chi connectivity index (χ2n) is 3.89. The number of carbonyl (C=O) groups excluding carboxylic acids is 1. The highest BCUT2D eigenvalue weighted by Crippen LogP contribution is 2.53. The molecular formula is C12H13BrO3. The number of benzene rings is 1. The van der Waals surface area contributed by atoms with Gasteiger partial charge in [-0.2, -0.15) is 0 Å². The Labute approximate surface area is 103 Å². The average molecular weight is 285 g/mol. The van der Waals surface area contributed by atoms with Crippen LogP contribution in [-0.4, -0.2) is 20.2 Å². The molecule has 1 aliphatic rings. The van der Waals surface area contributed by atoms with Gasteiger partial charge in [0.1, 0.15) is 5.75 Å². The minimum atomic E-state index is -0.482. The van der Waals surface area contributed by atoms with Crippen LogP contribution in [0.15, 0.2) is 22.7 Å². The summed E-state index contributed by atoms with van der Waals surface area (Å²) in [5.41, 5.74) is 0.431. The van der Waals surface area contributed by atoms with Gasteiger partial charge in [0.2, 0.25) is 0 Å². The van der Waals surface area contributed by atoms with Crippen LogP contribution in [0.4, 0.5) is 0 Å². The van der Waals surface area contributed by atoms with E-state index in [0.29, 0.717) is 0 Å². The van der Waals surface area contributed by atoms with E-state index < -0.39 is 5.41 Å². The predicted octanol–water partition coefficient (Wildman–Crippen LogP) is 2.66. The minimum absolute atomic E-state index is 0.177. The lowest BCUT2D eigenvalue weighted by molar-refractivity contribution is -0.143. The van der Waals surface area contributed by atoms with Gasteiger partial charge in [-0.3, -0.25) is 4.79 Å². The fourth-order valence-electron chi connectivity index (χ4n) is 2.00. The zero-order valence-electron chi connectivity index (χ0n) is 9.25. The predicted molar refractivity (Wildman–Crippen MR) is 63.6 cm³/mol. The van der Waals surface area contributed by atoms with Crippen molar-refractivity contribution in [2.45, 2.75) is 18.3 Å². The van der Waals surface area contributed by atoms with Crippen molar-refractivity contribution >= 4 is 21.9 Å². The number of methoxy groups -OCH3 is 2. The first-order valence-electron chi connectivity index (χ1n) is 5.07. The van der Waals surface area contributed by atoms with E-state index in [2.05, 4.69) is 15.9 Å². The molecule has 1 aromatic rings. The fourth-order valence-corrected chi connectivity index (χ4v) is 2.52. The molecule has 0 spiro atoms. The Hall–Kier alpha value is -1.03. The summed E-state index contributed by atoms with van der Waals surface area (Å²) in [5, 5.41) is 0. The molecule has 2 rings (SSSR count). The van der Waals surface area contributed by atoms with E-state index in [-0.39, 0.29) is 5.97 Å². The summed E-state index contributed by atoms with van der Waals surface area (Å²) >= 11 is 3.42. The van der Waals surface area contributed by atoms with E-state index in [4.69, 9.17) is 9.47 Å². The van der Waals surface area contributed by atoms with Crippen LogP contribution in [0.25, 0.3) is 0 Å². The molecule has 4 heteroatoms. The molecule has 1 saturated carbocycles. The van der Waals surface area contributed by atoms with Crippen LogP contribution in [0.3, 0.4) is 0 Å². The molecule has 1 aromatic carbocycles. The zero-order valence-corrected chi connectivity index (χ0v) is 10.8. The van der Waals surface area contributed by atoms with Gasteiger partial charge < -0.3 is 9.47 Å². The maximum atomic E-state index is 11.8. The molecule has 0 bridgehead atoms. The summed E-state index contributed by atoms with van der Waals surface area (Å²) < 4.78 is 11.1. The Morgan fingerprint density at radius 2 is 2.06 bits per heavy atom. The third-order valence-corrected chi connectivity index (χ3v) is 3.64. The lowest BCUT2D eigenvalue weighted by Crippen LogP contribution is -2.22. The number of esters is 1. The molecule has 1 aliphatic carbocycles. The van der Waals surface area contributed by atoms with Crippen molar-refractivity contribution in [1.82, 2.24) is 0 Å². The van der Waals surface area contributed by atoms with Gasteiger partial charge in [0.25, 0.3) is 0 Å². The Balaban J connectivity index is 2.48. The van der Waals surface area contributed by atoms with Crippen LogP contribution in [0.5, 0.6) is 5.75 Å². The second-order valence-corrected chi connectivity index (χ2v) is 4.75. The molecule has 0 atom stereocenters. The van der Waals surface area contributed by atoms with Gasteiger partial charge in [-0.15, -0.1) is 0 Å². The standard InChI is InChI=1S/C12H13BrO3/c1-15-10-8(4-3-5-9(10)13)12(6-7-12)11(14)16-2/h3-5H,6-7H2,1-2H3. The molecule has 0 radical (unpaired) electrons. The first kappa shape index (κ1) is 11.5. The van der Waals surface area contributed by atoms with Gasteiger partial charge in [0.15, 0.2) is 0 Å².